The second-order valence-electron chi connectivity index (χ2n) is 6.37. The molecule has 2 aromatic carbocycles. The topological polar surface area (TPSA) is 84.0 Å². The summed E-state index contributed by atoms with van der Waals surface area (Å²) in [5.74, 6) is 1.55. The summed E-state index contributed by atoms with van der Waals surface area (Å²) in [6.45, 7) is 5.27. The Labute approximate surface area is 166 Å². The van der Waals surface area contributed by atoms with E-state index in [1.807, 2.05) is 62.4 Å². The molecule has 0 spiro atoms. The normalized spacial score (nSPS) is 12.1. The van der Waals surface area contributed by atoms with Crippen LogP contribution in [0.1, 0.15) is 18.1 Å². The molecule has 7 nitrogen and oxygen atoms in total. The number of nitrogens with zero attached hydrogens (tertiary/aromatic N) is 1. The Morgan fingerprint density at radius 2 is 1.89 bits per heavy atom. The fraction of sp³-hybridized carbons (Fsp3) is 0.333. The van der Waals surface area contributed by atoms with Crippen LogP contribution in [0.15, 0.2) is 53.5 Å². The summed E-state index contributed by atoms with van der Waals surface area (Å²) in [6.07, 6.45) is -0.499. The van der Waals surface area contributed by atoms with E-state index >= 15 is 0 Å². The van der Waals surface area contributed by atoms with Crippen molar-refractivity contribution in [3.05, 3.63) is 59.7 Å². The van der Waals surface area contributed by atoms with Gasteiger partial charge in [0.05, 0.1) is 13.7 Å². The second-order valence-corrected chi connectivity index (χ2v) is 6.37. The monoisotopic (exact) mass is 384 g/mol. The van der Waals surface area contributed by atoms with Crippen molar-refractivity contribution in [2.75, 3.05) is 26.0 Å². The van der Waals surface area contributed by atoms with Crippen LogP contribution in [0.2, 0.25) is 0 Å². The number of anilines is 1. The van der Waals surface area contributed by atoms with Crippen molar-refractivity contribution in [2.24, 2.45) is 4.99 Å². The predicted octanol–water partition coefficient (Wildman–Crippen LogP) is 3.31. The lowest BCUT2D eigenvalue weighted by molar-refractivity contribution is 0.187. The first-order valence-electron chi connectivity index (χ1n) is 9.12. The molecule has 0 aliphatic rings. The maximum absolute atomic E-state index is 11.2. The summed E-state index contributed by atoms with van der Waals surface area (Å²) in [5.41, 5.74) is 2.91. The van der Waals surface area contributed by atoms with Crippen LogP contribution >= 0.6 is 0 Å². The van der Waals surface area contributed by atoms with Gasteiger partial charge in [-0.2, -0.15) is 0 Å². The van der Waals surface area contributed by atoms with Gasteiger partial charge in [0, 0.05) is 19.3 Å². The summed E-state index contributed by atoms with van der Waals surface area (Å²) >= 11 is 0. The minimum absolute atomic E-state index is 0.0102. The number of nitrogens with one attached hydrogen (secondary N) is 3. The van der Waals surface area contributed by atoms with Crippen LogP contribution in [0.5, 0.6) is 5.75 Å². The first-order valence-corrected chi connectivity index (χ1v) is 9.12. The first-order chi connectivity index (χ1) is 13.5. The van der Waals surface area contributed by atoms with Crippen LogP contribution in [-0.2, 0) is 11.3 Å². The first kappa shape index (κ1) is 21.1. The summed E-state index contributed by atoms with van der Waals surface area (Å²) in [5, 5.41) is 9.14. The summed E-state index contributed by atoms with van der Waals surface area (Å²) in [7, 11) is 3.06. The lowest BCUT2D eigenvalue weighted by atomic mass is 10.2. The Morgan fingerprint density at radius 3 is 2.54 bits per heavy atom. The number of carbonyl (C=O) groups excluding carboxylic acids is 1. The van der Waals surface area contributed by atoms with Crippen molar-refractivity contribution < 1.29 is 14.3 Å². The molecule has 7 heteroatoms. The van der Waals surface area contributed by atoms with Crippen LogP contribution in [0, 0.1) is 6.92 Å². The lowest BCUT2D eigenvalue weighted by Crippen LogP contribution is -2.41. The van der Waals surface area contributed by atoms with Gasteiger partial charge in [-0.15, -0.1) is 0 Å². The van der Waals surface area contributed by atoms with Gasteiger partial charge in [0.2, 0.25) is 0 Å². The number of rotatable bonds is 7. The second kappa shape index (κ2) is 10.8. The maximum atomic E-state index is 11.2. The number of carbonyl (C=O) groups is 1. The van der Waals surface area contributed by atoms with Crippen LogP contribution in [0.3, 0.4) is 0 Å². The fourth-order valence-electron chi connectivity index (χ4n) is 2.48. The molecule has 0 saturated heterocycles. The summed E-state index contributed by atoms with van der Waals surface area (Å²) in [6, 6.07) is 15.5. The number of benzene rings is 2. The average molecular weight is 384 g/mol. The molecule has 0 fully saturated rings. The van der Waals surface area contributed by atoms with Crippen molar-refractivity contribution in [3.63, 3.8) is 0 Å². The molecule has 2 aromatic rings. The van der Waals surface area contributed by atoms with Crippen molar-refractivity contribution in [3.8, 4) is 5.75 Å². The van der Waals surface area contributed by atoms with E-state index in [-0.39, 0.29) is 6.10 Å². The molecule has 0 aliphatic heterocycles. The van der Waals surface area contributed by atoms with E-state index < -0.39 is 6.09 Å². The third-order valence-corrected chi connectivity index (χ3v) is 3.95. The highest BCUT2D eigenvalue weighted by Crippen LogP contribution is 2.14. The number of ether oxygens (including phenoxy) is 2. The molecule has 1 unspecified atom stereocenters. The standard InChI is InChI=1S/C21H28N4O3/c1-15-6-5-7-19(12-15)28-16(2)13-23-20(22-3)24-14-17-8-10-18(11-9-17)25-21(26)27-4/h5-12,16H,13-14H2,1-4H3,(H,25,26)(H2,22,23,24). The van der Waals surface area contributed by atoms with Gasteiger partial charge < -0.3 is 20.1 Å². The Balaban J connectivity index is 1.77. The number of hydrogen-bond acceptors (Lipinski definition) is 4. The number of aryl methyl sites for hydroxylation is 1. The zero-order valence-corrected chi connectivity index (χ0v) is 16.8. The molecule has 2 rings (SSSR count). The van der Waals surface area contributed by atoms with E-state index in [0.29, 0.717) is 24.7 Å². The quantitative estimate of drug-likeness (QED) is 0.504. The van der Waals surface area contributed by atoms with Gasteiger partial charge in [-0.1, -0.05) is 24.3 Å². The molecule has 0 radical (unpaired) electrons. The van der Waals surface area contributed by atoms with Gasteiger partial charge >= 0.3 is 6.09 Å². The predicted molar refractivity (Wildman–Crippen MR) is 112 cm³/mol. The summed E-state index contributed by atoms with van der Waals surface area (Å²) < 4.78 is 10.5. The number of methoxy groups -OCH3 is 1. The van der Waals surface area contributed by atoms with Gasteiger partial charge in [0.1, 0.15) is 11.9 Å². The van der Waals surface area contributed by atoms with E-state index in [2.05, 4.69) is 25.7 Å². The number of aliphatic imine (C=N–C) groups is 1. The number of guanidine groups is 1. The molecular formula is C21H28N4O3. The zero-order valence-electron chi connectivity index (χ0n) is 16.8. The third-order valence-electron chi connectivity index (χ3n) is 3.95. The Hall–Kier alpha value is -3.22. The lowest BCUT2D eigenvalue weighted by Gasteiger charge is -2.18. The van der Waals surface area contributed by atoms with Gasteiger partial charge in [-0.25, -0.2) is 4.79 Å². The highest BCUT2D eigenvalue weighted by molar-refractivity contribution is 5.84. The SMILES string of the molecule is CN=C(NCc1ccc(NC(=O)OC)cc1)NCC(C)Oc1cccc(C)c1. The molecule has 1 amide bonds. The highest BCUT2D eigenvalue weighted by atomic mass is 16.5. The molecular weight excluding hydrogens is 356 g/mol. The van der Waals surface area contributed by atoms with Crippen molar-refractivity contribution >= 4 is 17.7 Å². The largest absolute Gasteiger partial charge is 0.489 e. The molecule has 0 bridgehead atoms. The van der Waals surface area contributed by atoms with E-state index in [9.17, 15) is 4.79 Å². The van der Waals surface area contributed by atoms with Crippen LogP contribution in [0.25, 0.3) is 0 Å². The fourth-order valence-corrected chi connectivity index (χ4v) is 2.48. The number of hydrogen-bond donors (Lipinski definition) is 3. The van der Waals surface area contributed by atoms with Gasteiger partial charge in [0.25, 0.3) is 0 Å². The zero-order chi connectivity index (χ0) is 20.4. The summed E-state index contributed by atoms with van der Waals surface area (Å²) in [4.78, 5) is 15.4. The average Bonchev–Trinajstić information content (AvgIpc) is 2.69. The smallest absolute Gasteiger partial charge is 0.411 e. The Kier molecular flexibility index (Phi) is 8.14. The maximum Gasteiger partial charge on any atom is 0.411 e. The van der Waals surface area contributed by atoms with E-state index in [1.165, 1.54) is 12.7 Å². The number of amides is 1. The van der Waals surface area contributed by atoms with E-state index in [0.717, 1.165) is 11.3 Å². The van der Waals surface area contributed by atoms with Crippen molar-refractivity contribution in [1.82, 2.24) is 10.6 Å². The molecule has 0 saturated carbocycles. The van der Waals surface area contributed by atoms with Crippen LogP contribution in [0.4, 0.5) is 10.5 Å². The molecule has 0 aromatic heterocycles. The molecule has 28 heavy (non-hydrogen) atoms. The van der Waals surface area contributed by atoms with Gasteiger partial charge in [-0.05, 0) is 49.2 Å². The third kappa shape index (κ3) is 7.19. The minimum Gasteiger partial charge on any atom is -0.489 e. The van der Waals surface area contributed by atoms with Crippen molar-refractivity contribution in [1.29, 1.82) is 0 Å². The minimum atomic E-state index is -0.488. The molecule has 0 heterocycles. The Morgan fingerprint density at radius 1 is 1.14 bits per heavy atom. The molecule has 1 atom stereocenters. The van der Waals surface area contributed by atoms with E-state index in [1.54, 1.807) is 7.05 Å². The van der Waals surface area contributed by atoms with Gasteiger partial charge in [0.15, 0.2) is 5.96 Å². The Bertz CT molecular complexity index is 790. The van der Waals surface area contributed by atoms with Gasteiger partial charge in [-0.3, -0.25) is 10.3 Å². The molecule has 0 aliphatic carbocycles. The highest BCUT2D eigenvalue weighted by Gasteiger charge is 2.06. The van der Waals surface area contributed by atoms with Crippen LogP contribution in [-0.4, -0.2) is 38.9 Å². The van der Waals surface area contributed by atoms with E-state index in [4.69, 9.17) is 4.74 Å². The van der Waals surface area contributed by atoms with Crippen molar-refractivity contribution in [2.45, 2.75) is 26.5 Å². The van der Waals surface area contributed by atoms with Crippen LogP contribution < -0.4 is 20.7 Å². The molecule has 150 valence electrons. The molecule has 3 N–H and O–H groups in total.